The van der Waals surface area contributed by atoms with Crippen LogP contribution in [0.15, 0.2) is 48.5 Å². The fourth-order valence-electron chi connectivity index (χ4n) is 1.56. The third-order valence-electron chi connectivity index (χ3n) is 2.55. The number of anilines is 1. The first-order chi connectivity index (χ1) is 9.56. The quantitative estimate of drug-likeness (QED) is 0.533. The Labute approximate surface area is 122 Å². The van der Waals surface area contributed by atoms with Gasteiger partial charge in [-0.15, -0.1) is 0 Å². The summed E-state index contributed by atoms with van der Waals surface area (Å²) in [4.78, 5) is 11.9. The lowest BCUT2D eigenvalue weighted by atomic mass is 10.3. The number of carbonyl (C=O) groups excluding carboxylic acids is 1. The van der Waals surface area contributed by atoms with Gasteiger partial charge in [0.2, 0.25) is 0 Å². The van der Waals surface area contributed by atoms with Crippen LogP contribution in [-0.2, 0) is 4.79 Å². The summed E-state index contributed by atoms with van der Waals surface area (Å²) in [6, 6.07) is 13.6. The zero-order valence-corrected chi connectivity index (χ0v) is 11.6. The summed E-state index contributed by atoms with van der Waals surface area (Å²) < 4.78 is 10.7. The Morgan fingerprint density at radius 1 is 1.20 bits per heavy atom. The van der Waals surface area contributed by atoms with E-state index < -0.39 is 12.1 Å². The number of para-hydroxylation sites is 1. The van der Waals surface area contributed by atoms with Gasteiger partial charge >= 0.3 is 5.97 Å². The van der Waals surface area contributed by atoms with Crippen LogP contribution < -0.4 is 15.2 Å². The van der Waals surface area contributed by atoms with Crippen molar-refractivity contribution in [2.45, 2.75) is 13.0 Å². The number of hydrogen-bond donors (Lipinski definition) is 1. The average molecular weight is 292 g/mol. The molecule has 1 atom stereocenters. The minimum absolute atomic E-state index is 0.308. The van der Waals surface area contributed by atoms with Gasteiger partial charge in [-0.3, -0.25) is 0 Å². The minimum Gasteiger partial charge on any atom is -0.479 e. The maximum atomic E-state index is 11.9. The van der Waals surface area contributed by atoms with Crippen molar-refractivity contribution in [3.8, 4) is 11.5 Å². The molecule has 0 heterocycles. The van der Waals surface area contributed by atoms with E-state index in [1.807, 2.05) is 0 Å². The average Bonchev–Trinajstić information content (AvgIpc) is 2.41. The van der Waals surface area contributed by atoms with Crippen LogP contribution in [0.3, 0.4) is 0 Å². The Bertz CT molecular complexity index is 616. The van der Waals surface area contributed by atoms with Crippen molar-refractivity contribution < 1.29 is 14.3 Å². The zero-order chi connectivity index (χ0) is 14.5. The second-order valence-electron chi connectivity index (χ2n) is 4.18. The number of carbonyl (C=O) groups is 1. The number of ether oxygens (including phenoxy) is 2. The Hall–Kier alpha value is -2.20. The molecule has 2 aromatic carbocycles. The lowest BCUT2D eigenvalue weighted by molar-refractivity contribution is -0.141. The van der Waals surface area contributed by atoms with E-state index in [1.54, 1.807) is 55.5 Å². The number of halogens is 1. The summed E-state index contributed by atoms with van der Waals surface area (Å²) >= 11 is 5.92. The SMILES string of the molecule is C[C@H](Oc1cccc(N)c1)C(=O)Oc1ccccc1Cl. The predicted molar refractivity (Wildman–Crippen MR) is 78.0 cm³/mol. The van der Waals surface area contributed by atoms with E-state index in [1.165, 1.54) is 0 Å². The summed E-state index contributed by atoms with van der Waals surface area (Å²) in [5, 5.41) is 0.372. The van der Waals surface area contributed by atoms with Gasteiger partial charge in [0.1, 0.15) is 11.5 Å². The fourth-order valence-corrected chi connectivity index (χ4v) is 1.73. The van der Waals surface area contributed by atoms with Gasteiger partial charge in [-0.25, -0.2) is 4.79 Å². The molecule has 0 saturated heterocycles. The van der Waals surface area contributed by atoms with Crippen molar-refractivity contribution in [1.82, 2.24) is 0 Å². The Morgan fingerprint density at radius 3 is 2.65 bits per heavy atom. The van der Waals surface area contributed by atoms with Crippen molar-refractivity contribution in [1.29, 1.82) is 0 Å². The Balaban J connectivity index is 2.01. The summed E-state index contributed by atoms with van der Waals surface area (Å²) in [5.74, 6) is 0.288. The van der Waals surface area contributed by atoms with Gasteiger partial charge < -0.3 is 15.2 Å². The lowest BCUT2D eigenvalue weighted by Crippen LogP contribution is -2.28. The maximum Gasteiger partial charge on any atom is 0.352 e. The summed E-state index contributed by atoms with van der Waals surface area (Å²) in [5.41, 5.74) is 6.20. The van der Waals surface area contributed by atoms with Gasteiger partial charge in [-0.05, 0) is 31.2 Å². The van der Waals surface area contributed by atoms with Crippen molar-refractivity contribution in [3.05, 3.63) is 53.6 Å². The van der Waals surface area contributed by atoms with E-state index in [0.29, 0.717) is 22.2 Å². The molecule has 5 heteroatoms. The standard InChI is InChI=1S/C15H14ClNO3/c1-10(19-12-6-4-5-11(17)9-12)15(18)20-14-8-3-2-7-13(14)16/h2-10H,17H2,1H3/t10-/m0/s1. The highest BCUT2D eigenvalue weighted by atomic mass is 35.5. The van der Waals surface area contributed by atoms with Gasteiger partial charge in [0.05, 0.1) is 5.02 Å². The number of esters is 1. The van der Waals surface area contributed by atoms with E-state index in [0.717, 1.165) is 0 Å². The molecule has 0 spiro atoms. The normalized spacial score (nSPS) is 11.7. The van der Waals surface area contributed by atoms with E-state index in [9.17, 15) is 4.79 Å². The molecular weight excluding hydrogens is 278 g/mol. The molecule has 20 heavy (non-hydrogen) atoms. The number of hydrogen-bond acceptors (Lipinski definition) is 4. The number of nitrogens with two attached hydrogens (primary N) is 1. The molecule has 0 aromatic heterocycles. The molecule has 2 aromatic rings. The van der Waals surface area contributed by atoms with Crippen LogP contribution in [0.25, 0.3) is 0 Å². The molecule has 0 aliphatic heterocycles. The molecule has 0 saturated carbocycles. The Kier molecular flexibility index (Phi) is 4.48. The second-order valence-corrected chi connectivity index (χ2v) is 4.59. The first kappa shape index (κ1) is 14.2. The van der Waals surface area contributed by atoms with Gasteiger partial charge in [-0.1, -0.05) is 29.8 Å². The van der Waals surface area contributed by atoms with Crippen LogP contribution in [0.2, 0.25) is 5.02 Å². The second kappa shape index (κ2) is 6.30. The first-order valence-corrected chi connectivity index (χ1v) is 6.42. The largest absolute Gasteiger partial charge is 0.479 e. The molecule has 0 aliphatic rings. The summed E-state index contributed by atoms with van der Waals surface area (Å²) in [6.45, 7) is 1.60. The fraction of sp³-hybridized carbons (Fsp3) is 0.133. The monoisotopic (exact) mass is 291 g/mol. The van der Waals surface area contributed by atoms with Crippen LogP contribution >= 0.6 is 11.6 Å². The zero-order valence-electron chi connectivity index (χ0n) is 10.9. The summed E-state index contributed by atoms with van der Waals surface area (Å²) in [7, 11) is 0. The Morgan fingerprint density at radius 2 is 1.95 bits per heavy atom. The molecule has 0 bridgehead atoms. The molecular formula is C15H14ClNO3. The van der Waals surface area contributed by atoms with Crippen molar-refractivity contribution >= 4 is 23.3 Å². The third-order valence-corrected chi connectivity index (χ3v) is 2.86. The maximum absolute atomic E-state index is 11.9. The van der Waals surface area contributed by atoms with E-state index in [-0.39, 0.29) is 0 Å². The highest BCUT2D eigenvalue weighted by Crippen LogP contribution is 2.24. The molecule has 4 nitrogen and oxygen atoms in total. The molecule has 0 fully saturated rings. The van der Waals surface area contributed by atoms with Crippen LogP contribution in [0, 0.1) is 0 Å². The van der Waals surface area contributed by atoms with Gasteiger partial charge in [0, 0.05) is 11.8 Å². The smallest absolute Gasteiger partial charge is 0.352 e. The molecule has 0 unspecified atom stereocenters. The van der Waals surface area contributed by atoms with E-state index in [4.69, 9.17) is 26.8 Å². The molecule has 0 amide bonds. The first-order valence-electron chi connectivity index (χ1n) is 6.04. The number of nitrogen functional groups attached to an aromatic ring is 1. The van der Waals surface area contributed by atoms with E-state index in [2.05, 4.69) is 0 Å². The van der Waals surface area contributed by atoms with Crippen molar-refractivity contribution in [3.63, 3.8) is 0 Å². The highest BCUT2D eigenvalue weighted by molar-refractivity contribution is 6.32. The van der Waals surface area contributed by atoms with Crippen LogP contribution in [0.4, 0.5) is 5.69 Å². The summed E-state index contributed by atoms with van der Waals surface area (Å²) in [6.07, 6.45) is -0.770. The van der Waals surface area contributed by atoms with Gasteiger partial charge in [0.15, 0.2) is 6.10 Å². The molecule has 0 aliphatic carbocycles. The van der Waals surface area contributed by atoms with Gasteiger partial charge in [0.25, 0.3) is 0 Å². The van der Waals surface area contributed by atoms with Crippen molar-refractivity contribution in [2.75, 3.05) is 5.73 Å². The van der Waals surface area contributed by atoms with E-state index >= 15 is 0 Å². The number of benzene rings is 2. The minimum atomic E-state index is -0.770. The lowest BCUT2D eigenvalue weighted by Gasteiger charge is -2.14. The molecule has 104 valence electrons. The van der Waals surface area contributed by atoms with Crippen LogP contribution in [0.1, 0.15) is 6.92 Å². The third kappa shape index (κ3) is 3.65. The number of rotatable bonds is 4. The molecule has 2 N–H and O–H groups in total. The van der Waals surface area contributed by atoms with Crippen molar-refractivity contribution in [2.24, 2.45) is 0 Å². The molecule has 0 radical (unpaired) electrons. The highest BCUT2D eigenvalue weighted by Gasteiger charge is 2.18. The topological polar surface area (TPSA) is 61.5 Å². The van der Waals surface area contributed by atoms with Crippen LogP contribution in [0.5, 0.6) is 11.5 Å². The van der Waals surface area contributed by atoms with Crippen LogP contribution in [-0.4, -0.2) is 12.1 Å². The molecule has 2 rings (SSSR count). The predicted octanol–water partition coefficient (Wildman–Crippen LogP) is 3.30. The van der Waals surface area contributed by atoms with Gasteiger partial charge in [-0.2, -0.15) is 0 Å².